The molecule has 3 nitrogen and oxygen atoms in total. The van der Waals surface area contributed by atoms with Gasteiger partial charge in [-0.05, 0) is 50.6 Å². The van der Waals surface area contributed by atoms with Crippen LogP contribution in [0.25, 0.3) is 0 Å². The van der Waals surface area contributed by atoms with Crippen LogP contribution in [0, 0.1) is 11.3 Å². The van der Waals surface area contributed by atoms with Crippen molar-refractivity contribution in [2.45, 2.75) is 58.4 Å². The molecule has 3 heteroatoms. The van der Waals surface area contributed by atoms with E-state index in [9.17, 15) is 0 Å². The second kappa shape index (κ2) is 7.77. The average molecular weight is 282 g/mol. The molecule has 1 aliphatic carbocycles. The Morgan fingerprint density at radius 3 is 2.85 bits per heavy atom. The SMILES string of the molecule is CCCNCC1(CN(C)C2CCOC2)CCCC(C)C1. The Balaban J connectivity index is 1.93. The third-order valence-electron chi connectivity index (χ3n) is 5.23. The number of hydrogen-bond donors (Lipinski definition) is 1. The maximum atomic E-state index is 5.56. The van der Waals surface area contributed by atoms with Gasteiger partial charge >= 0.3 is 0 Å². The van der Waals surface area contributed by atoms with Crippen molar-refractivity contribution < 1.29 is 4.74 Å². The van der Waals surface area contributed by atoms with E-state index in [-0.39, 0.29) is 0 Å². The molecule has 0 bridgehead atoms. The highest BCUT2D eigenvalue weighted by atomic mass is 16.5. The third-order valence-corrected chi connectivity index (χ3v) is 5.23. The summed E-state index contributed by atoms with van der Waals surface area (Å²) in [6, 6.07) is 0.648. The first-order valence-corrected chi connectivity index (χ1v) is 8.64. The normalized spacial score (nSPS) is 34.8. The molecule has 1 aliphatic heterocycles. The van der Waals surface area contributed by atoms with Gasteiger partial charge in [0.1, 0.15) is 0 Å². The molecule has 1 N–H and O–H groups in total. The van der Waals surface area contributed by atoms with Crippen molar-refractivity contribution >= 4 is 0 Å². The number of nitrogens with one attached hydrogen (secondary N) is 1. The molecule has 1 heterocycles. The summed E-state index contributed by atoms with van der Waals surface area (Å²) in [6.07, 6.45) is 8.06. The van der Waals surface area contributed by atoms with Gasteiger partial charge in [-0.3, -0.25) is 0 Å². The minimum absolute atomic E-state index is 0.490. The fourth-order valence-corrected chi connectivity index (χ4v) is 4.19. The first-order chi connectivity index (χ1) is 9.65. The molecular weight excluding hydrogens is 248 g/mol. The van der Waals surface area contributed by atoms with Crippen molar-refractivity contribution in [3.63, 3.8) is 0 Å². The van der Waals surface area contributed by atoms with Crippen molar-refractivity contribution in [1.29, 1.82) is 0 Å². The number of likely N-dealkylation sites (N-methyl/N-ethyl adjacent to an activating group) is 1. The summed E-state index contributed by atoms with van der Waals surface area (Å²) in [4.78, 5) is 2.58. The highest BCUT2D eigenvalue weighted by Crippen LogP contribution is 2.40. The zero-order chi connectivity index (χ0) is 14.4. The Kier molecular flexibility index (Phi) is 6.31. The summed E-state index contributed by atoms with van der Waals surface area (Å²) in [5.74, 6) is 0.889. The fraction of sp³-hybridized carbons (Fsp3) is 1.00. The molecular formula is C17H34N2O. The summed E-state index contributed by atoms with van der Waals surface area (Å²) in [6.45, 7) is 10.2. The van der Waals surface area contributed by atoms with Gasteiger partial charge in [-0.2, -0.15) is 0 Å². The Hall–Kier alpha value is -0.120. The van der Waals surface area contributed by atoms with E-state index in [2.05, 4.69) is 31.1 Å². The van der Waals surface area contributed by atoms with Crippen LogP contribution in [0.5, 0.6) is 0 Å². The largest absolute Gasteiger partial charge is 0.380 e. The van der Waals surface area contributed by atoms with Crippen molar-refractivity contribution in [2.75, 3.05) is 39.9 Å². The predicted molar refractivity (Wildman–Crippen MR) is 85.1 cm³/mol. The zero-order valence-corrected chi connectivity index (χ0v) is 13.8. The van der Waals surface area contributed by atoms with Gasteiger partial charge in [0.2, 0.25) is 0 Å². The standard InChI is InChI=1S/C17H34N2O/c1-4-9-18-13-17(8-5-6-15(2)11-17)14-19(3)16-7-10-20-12-16/h15-16,18H,4-14H2,1-3H3. The molecule has 0 amide bonds. The van der Waals surface area contributed by atoms with Crippen molar-refractivity contribution in [3.05, 3.63) is 0 Å². The van der Waals surface area contributed by atoms with Crippen LogP contribution in [0.1, 0.15) is 52.4 Å². The lowest BCUT2D eigenvalue weighted by atomic mass is 9.69. The molecule has 2 aliphatic rings. The smallest absolute Gasteiger partial charge is 0.0622 e. The highest BCUT2D eigenvalue weighted by Gasteiger charge is 2.37. The van der Waals surface area contributed by atoms with Gasteiger partial charge in [0.05, 0.1) is 6.61 Å². The van der Waals surface area contributed by atoms with Crippen LogP contribution >= 0.6 is 0 Å². The molecule has 0 spiro atoms. The molecule has 3 atom stereocenters. The quantitative estimate of drug-likeness (QED) is 0.727. The van der Waals surface area contributed by atoms with E-state index >= 15 is 0 Å². The molecule has 0 aromatic carbocycles. The molecule has 3 unspecified atom stereocenters. The summed E-state index contributed by atoms with van der Waals surface area (Å²) in [5.41, 5.74) is 0.490. The van der Waals surface area contributed by atoms with E-state index in [1.807, 2.05) is 0 Å². The number of nitrogens with zero attached hydrogens (tertiary/aromatic N) is 1. The molecule has 1 saturated heterocycles. The lowest BCUT2D eigenvalue weighted by molar-refractivity contribution is 0.0673. The lowest BCUT2D eigenvalue weighted by Crippen LogP contribution is -2.48. The Bertz CT molecular complexity index is 278. The first-order valence-electron chi connectivity index (χ1n) is 8.64. The molecule has 0 radical (unpaired) electrons. The second-order valence-corrected chi connectivity index (χ2v) is 7.31. The van der Waals surface area contributed by atoms with Gasteiger partial charge in [0.25, 0.3) is 0 Å². The number of rotatable bonds is 7. The topological polar surface area (TPSA) is 24.5 Å². The Labute approximate surface area is 125 Å². The van der Waals surface area contributed by atoms with E-state index in [0.29, 0.717) is 11.5 Å². The van der Waals surface area contributed by atoms with Crippen LogP contribution < -0.4 is 5.32 Å². The molecule has 118 valence electrons. The number of hydrogen-bond acceptors (Lipinski definition) is 3. The third kappa shape index (κ3) is 4.44. The van der Waals surface area contributed by atoms with Crippen LogP contribution in [0.15, 0.2) is 0 Å². The first kappa shape index (κ1) is 16.3. The Morgan fingerprint density at radius 2 is 2.20 bits per heavy atom. The predicted octanol–water partition coefficient (Wildman–Crippen LogP) is 2.90. The van der Waals surface area contributed by atoms with Gasteiger partial charge in [0, 0.05) is 25.7 Å². The van der Waals surface area contributed by atoms with Crippen molar-refractivity contribution in [2.24, 2.45) is 11.3 Å². The highest BCUT2D eigenvalue weighted by molar-refractivity contribution is 4.91. The van der Waals surface area contributed by atoms with Gasteiger partial charge in [-0.15, -0.1) is 0 Å². The summed E-state index contributed by atoms with van der Waals surface area (Å²) < 4.78 is 5.56. The maximum Gasteiger partial charge on any atom is 0.0622 e. The zero-order valence-electron chi connectivity index (χ0n) is 13.8. The lowest BCUT2D eigenvalue weighted by Gasteiger charge is -2.44. The van der Waals surface area contributed by atoms with E-state index < -0.39 is 0 Å². The van der Waals surface area contributed by atoms with Gasteiger partial charge in [-0.25, -0.2) is 0 Å². The van der Waals surface area contributed by atoms with E-state index in [4.69, 9.17) is 4.74 Å². The van der Waals surface area contributed by atoms with Crippen LogP contribution in [0.4, 0.5) is 0 Å². The van der Waals surface area contributed by atoms with Crippen LogP contribution in [0.2, 0.25) is 0 Å². The minimum Gasteiger partial charge on any atom is -0.380 e. The van der Waals surface area contributed by atoms with Crippen molar-refractivity contribution in [3.8, 4) is 0 Å². The van der Waals surface area contributed by atoms with E-state index in [0.717, 1.165) is 25.7 Å². The summed E-state index contributed by atoms with van der Waals surface area (Å²) >= 11 is 0. The molecule has 1 saturated carbocycles. The van der Waals surface area contributed by atoms with Crippen LogP contribution in [0.3, 0.4) is 0 Å². The van der Waals surface area contributed by atoms with Crippen LogP contribution in [-0.2, 0) is 4.74 Å². The summed E-state index contributed by atoms with van der Waals surface area (Å²) in [5, 5.41) is 3.70. The van der Waals surface area contributed by atoms with Gasteiger partial charge in [0.15, 0.2) is 0 Å². The van der Waals surface area contributed by atoms with E-state index in [1.165, 1.54) is 51.6 Å². The number of ether oxygens (including phenoxy) is 1. The average Bonchev–Trinajstić information content (AvgIpc) is 2.93. The van der Waals surface area contributed by atoms with E-state index in [1.54, 1.807) is 0 Å². The molecule has 2 fully saturated rings. The Morgan fingerprint density at radius 1 is 1.35 bits per heavy atom. The second-order valence-electron chi connectivity index (χ2n) is 7.31. The fourth-order valence-electron chi connectivity index (χ4n) is 4.19. The molecule has 0 aromatic heterocycles. The molecule has 2 rings (SSSR count). The van der Waals surface area contributed by atoms with Gasteiger partial charge in [-0.1, -0.05) is 26.7 Å². The minimum atomic E-state index is 0.490. The van der Waals surface area contributed by atoms with Crippen molar-refractivity contribution in [1.82, 2.24) is 10.2 Å². The molecule has 20 heavy (non-hydrogen) atoms. The van der Waals surface area contributed by atoms with Gasteiger partial charge < -0.3 is 15.0 Å². The maximum absolute atomic E-state index is 5.56. The van der Waals surface area contributed by atoms with Crippen LogP contribution in [-0.4, -0.2) is 50.8 Å². The molecule has 0 aromatic rings. The monoisotopic (exact) mass is 282 g/mol. The summed E-state index contributed by atoms with van der Waals surface area (Å²) in [7, 11) is 2.31.